The second-order valence-electron chi connectivity index (χ2n) is 26.0. The van der Waals surface area contributed by atoms with E-state index in [4.69, 9.17) is 28.2 Å². The molecule has 23 heteroatoms. The Hall–Kier alpha value is -2.41. The molecule has 0 saturated carbocycles. The van der Waals surface area contributed by atoms with Gasteiger partial charge in [-0.05, 0) is 32.1 Å². The quantitative estimate of drug-likeness (QED) is 0.0154. The predicted molar refractivity (Wildman–Crippen MR) is 351 cm³/mol. The molecule has 0 aromatic heterocycles. The van der Waals surface area contributed by atoms with Crippen molar-refractivity contribution in [2.75, 3.05) is 13.2 Å². The Morgan fingerprint density at radius 1 is 0.495 bits per heavy atom. The number of rotatable bonds is 58. The molecule has 2 amide bonds. The number of carbonyl (C=O) groups is 4. The number of aliphatic hydroxyl groups is 6. The standard InChI is InChI=1S/C68H129N2O19P.H3N/c1-5-9-13-17-21-25-26-30-34-38-42-46-59(76)85-54(45-41-37-33-29-24-20-16-12-8-4)49-58(75)69-61-64(79)65(89-90(81,82)83)55(50-71)87-68(61)84-51-56-63(78)66(88-60(77)48-53(73)44-40-36-32-28-23-19-15-11-7-3)62(67(80)86-56)70-57(74)47-52(72)43-39-35-31-27-22-18-14-10-6-2;/h52-56,61-68,71-73,78-80H,5-51H2,1-4H3,(H,69,75)(H,70,74)(H2,81,82,83);1H3/t52-,53-,54-,55?,56?,61+,62+,63-,64?,65-,66?,67+,68-;/m1./s1. The Balaban J connectivity index is 0.0000414. The predicted octanol–water partition coefficient (Wildman–Crippen LogP) is 11.5. The molecule has 0 radical (unpaired) electrons. The summed E-state index contributed by atoms with van der Waals surface area (Å²) in [4.78, 5) is 76.4. The third-order valence-electron chi connectivity index (χ3n) is 17.6. The number of ether oxygens (including phenoxy) is 5. The van der Waals surface area contributed by atoms with E-state index in [1.54, 1.807) is 0 Å². The van der Waals surface area contributed by atoms with Crippen LogP contribution in [0.25, 0.3) is 0 Å². The van der Waals surface area contributed by atoms with Crippen LogP contribution >= 0.6 is 7.82 Å². The van der Waals surface area contributed by atoms with E-state index in [0.29, 0.717) is 44.9 Å². The topological polar surface area (TPSA) is 366 Å². The number of phosphoric acid groups is 1. The molecule has 2 fully saturated rings. The van der Waals surface area contributed by atoms with Gasteiger partial charge < -0.3 is 85.4 Å². The van der Waals surface area contributed by atoms with Gasteiger partial charge in [0, 0.05) is 6.42 Å². The highest BCUT2D eigenvalue weighted by atomic mass is 31.2. The van der Waals surface area contributed by atoms with Gasteiger partial charge in [-0.25, -0.2) is 0 Å². The number of phosphoric ester groups is 1. The first-order valence-corrected chi connectivity index (χ1v) is 37.5. The maximum Gasteiger partial charge on any atom is 0.308 e. The van der Waals surface area contributed by atoms with Gasteiger partial charge in [-0.15, -0.1) is 0 Å². The Bertz CT molecular complexity index is 1860. The number of amides is 2. The lowest BCUT2D eigenvalue weighted by Crippen LogP contribution is -2.67. The number of hydrogen-bond donors (Lipinski definition) is 10. The van der Waals surface area contributed by atoms with Gasteiger partial charge in [0.15, 0.2) is 18.7 Å². The van der Waals surface area contributed by atoms with Crippen LogP contribution in [0.15, 0.2) is 0 Å². The zero-order chi connectivity index (χ0) is 66.2. The molecule has 0 aliphatic carbocycles. The van der Waals surface area contributed by atoms with Crippen LogP contribution in [0.4, 0.5) is 0 Å². The van der Waals surface area contributed by atoms with E-state index in [-0.39, 0.29) is 25.4 Å². The summed E-state index contributed by atoms with van der Waals surface area (Å²) in [6.07, 6.45) is 22.8. The molecule has 2 rings (SSSR count). The van der Waals surface area contributed by atoms with Crippen LogP contribution in [0.2, 0.25) is 0 Å². The van der Waals surface area contributed by atoms with Crippen LogP contribution in [0.5, 0.6) is 0 Å². The monoisotopic (exact) mass is 1330 g/mol. The minimum atomic E-state index is -5.62. The number of esters is 2. The molecule has 0 aromatic rings. The molecule has 538 valence electrons. The minimum Gasteiger partial charge on any atom is -0.756 e. The third kappa shape index (κ3) is 42.0. The van der Waals surface area contributed by atoms with Crippen molar-refractivity contribution in [2.45, 2.75) is 396 Å². The van der Waals surface area contributed by atoms with Crippen LogP contribution < -0.4 is 21.7 Å². The highest BCUT2D eigenvalue weighted by Crippen LogP contribution is 2.38. The molecule has 0 spiro atoms. The number of quaternary nitrogens is 1. The zero-order valence-corrected chi connectivity index (χ0v) is 58.1. The summed E-state index contributed by atoms with van der Waals surface area (Å²) < 4.78 is 46.4. The summed E-state index contributed by atoms with van der Waals surface area (Å²) >= 11 is 0. The number of unbranched alkanes of at least 4 members (excludes halogenated alkanes) is 34. The largest absolute Gasteiger partial charge is 0.756 e. The summed E-state index contributed by atoms with van der Waals surface area (Å²) in [6, 6.07) is -3.31. The van der Waals surface area contributed by atoms with E-state index in [9.17, 15) is 64.2 Å². The fourth-order valence-electron chi connectivity index (χ4n) is 12.2. The molecule has 2 heterocycles. The maximum absolute atomic E-state index is 14.1. The van der Waals surface area contributed by atoms with Crippen LogP contribution in [0.1, 0.15) is 317 Å². The molecule has 0 aromatic carbocycles. The summed E-state index contributed by atoms with van der Waals surface area (Å²) in [5.41, 5.74) is 0. The van der Waals surface area contributed by atoms with Crippen molar-refractivity contribution in [3.8, 4) is 0 Å². The number of aliphatic hydroxyl groups excluding tert-OH is 6. The third-order valence-corrected chi connectivity index (χ3v) is 18.1. The molecular weight excluding hydrogens is 1190 g/mol. The number of nitrogens with one attached hydrogen (secondary N) is 2. The van der Waals surface area contributed by atoms with Gasteiger partial charge in [0.25, 0.3) is 7.82 Å². The maximum atomic E-state index is 14.1. The number of hydrogen-bond acceptors (Lipinski definition) is 18. The first-order valence-electron chi connectivity index (χ1n) is 36.0. The molecule has 13 N–H and O–H groups in total. The molecular formula is C68H132N3O19P. The van der Waals surface area contributed by atoms with Gasteiger partial charge >= 0.3 is 11.9 Å². The molecule has 2 saturated heterocycles. The van der Waals surface area contributed by atoms with E-state index in [1.807, 2.05) is 0 Å². The highest BCUT2D eigenvalue weighted by molar-refractivity contribution is 7.44. The summed E-state index contributed by atoms with van der Waals surface area (Å²) in [5.74, 6) is -2.91. The second-order valence-corrected chi connectivity index (χ2v) is 27.1. The minimum absolute atomic E-state index is 0. The van der Waals surface area contributed by atoms with Crippen LogP contribution in [0, 0.1) is 0 Å². The summed E-state index contributed by atoms with van der Waals surface area (Å²) in [7, 11) is -5.62. The van der Waals surface area contributed by atoms with E-state index >= 15 is 0 Å². The Kier molecular flexibility index (Phi) is 52.0. The SMILES string of the molecule is CCCCCCCCCCCCCC(=O)O[C@H](CCCCCCCCCCC)CC(=O)N[C@H]1C(O)[C@H](OP(=O)([O-])O)C(CO)O[C@H]1OCC1O[C@H](O)[C@@H](NC(=O)C[C@H](O)CCCCCCCCCCC)C(OC(=O)C[C@H](O)CCCCCCCCCCC)[C@@H]1O.[NH4+]. The van der Waals surface area contributed by atoms with Gasteiger partial charge in [0.05, 0.1) is 44.7 Å². The van der Waals surface area contributed by atoms with Crippen molar-refractivity contribution in [3.05, 3.63) is 0 Å². The normalized spacial score (nSPS) is 23.3. The average molecular weight is 1330 g/mol. The fraction of sp³-hybridized carbons (Fsp3) is 0.941. The summed E-state index contributed by atoms with van der Waals surface area (Å²) in [6.45, 7) is 6.99. The molecule has 2 aliphatic rings. The van der Waals surface area contributed by atoms with Crippen LogP contribution in [-0.2, 0) is 52.0 Å². The molecule has 5 unspecified atom stereocenters. The summed E-state index contributed by atoms with van der Waals surface area (Å²) in [5, 5.41) is 72.5. The first-order chi connectivity index (χ1) is 43.4. The Labute approximate surface area is 548 Å². The van der Waals surface area contributed by atoms with E-state index in [2.05, 4.69) is 38.3 Å². The molecule has 22 nitrogen and oxygen atoms in total. The van der Waals surface area contributed by atoms with Gasteiger partial charge in [-0.1, -0.05) is 259 Å². The van der Waals surface area contributed by atoms with Crippen molar-refractivity contribution in [3.63, 3.8) is 0 Å². The Morgan fingerprint density at radius 3 is 1.33 bits per heavy atom. The van der Waals surface area contributed by atoms with Gasteiger partial charge in [-0.3, -0.25) is 23.7 Å². The molecule has 91 heavy (non-hydrogen) atoms. The molecule has 14 atom stereocenters. The molecule has 2 aliphatic heterocycles. The smallest absolute Gasteiger partial charge is 0.308 e. The lowest BCUT2D eigenvalue weighted by molar-refractivity contribution is -0.303. The van der Waals surface area contributed by atoms with Crippen LogP contribution in [0.3, 0.4) is 0 Å². The number of carbonyl (C=O) groups excluding carboxylic acids is 4. The highest BCUT2D eigenvalue weighted by Gasteiger charge is 2.51. The van der Waals surface area contributed by atoms with Crippen molar-refractivity contribution in [1.82, 2.24) is 16.8 Å². The van der Waals surface area contributed by atoms with Gasteiger partial charge in [0.2, 0.25) is 11.8 Å². The van der Waals surface area contributed by atoms with Gasteiger partial charge in [-0.2, -0.15) is 0 Å². The average Bonchev–Trinajstić information content (AvgIpc) is 0.879. The molecule has 0 bridgehead atoms. The van der Waals surface area contributed by atoms with E-state index in [0.717, 1.165) is 116 Å². The van der Waals surface area contributed by atoms with Crippen molar-refractivity contribution < 1.29 is 92.4 Å². The Morgan fingerprint density at radius 2 is 0.890 bits per heavy atom. The van der Waals surface area contributed by atoms with Crippen molar-refractivity contribution in [2.24, 2.45) is 0 Å². The van der Waals surface area contributed by atoms with Crippen LogP contribution in [-0.4, -0.2) is 152 Å². The lowest BCUT2D eigenvalue weighted by Gasteiger charge is -2.46. The van der Waals surface area contributed by atoms with Crippen molar-refractivity contribution >= 4 is 31.6 Å². The second kappa shape index (κ2) is 54.7. The van der Waals surface area contributed by atoms with E-state index in [1.165, 1.54) is 103 Å². The van der Waals surface area contributed by atoms with Crippen molar-refractivity contribution in [1.29, 1.82) is 0 Å². The fourth-order valence-corrected chi connectivity index (χ4v) is 12.7. The zero-order valence-electron chi connectivity index (χ0n) is 57.2. The van der Waals surface area contributed by atoms with E-state index < -0.39 is 131 Å². The van der Waals surface area contributed by atoms with Gasteiger partial charge in [0.1, 0.15) is 48.7 Å². The first kappa shape index (κ1) is 86.6. The lowest BCUT2D eigenvalue weighted by atomic mass is 9.95.